The van der Waals surface area contributed by atoms with Crippen LogP contribution >= 0.6 is 11.6 Å². The van der Waals surface area contributed by atoms with Crippen molar-refractivity contribution in [1.29, 1.82) is 0 Å². The highest BCUT2D eigenvalue weighted by Crippen LogP contribution is 2.25. The number of hydrogen-bond acceptors (Lipinski definition) is 2. The molecule has 1 fully saturated rings. The van der Waals surface area contributed by atoms with Gasteiger partial charge in [-0.2, -0.15) is 0 Å². The summed E-state index contributed by atoms with van der Waals surface area (Å²) in [5.41, 5.74) is 4.05. The predicted molar refractivity (Wildman–Crippen MR) is 101 cm³/mol. The number of aryl methyl sites for hydroxylation is 1. The number of benzene rings is 2. The molecule has 0 unspecified atom stereocenters. The Labute approximate surface area is 154 Å². The topological polar surface area (TPSA) is 23.6 Å². The number of nitrogens with zero attached hydrogens (tertiary/aromatic N) is 2. The highest BCUT2D eigenvalue weighted by Gasteiger charge is 2.35. The Balaban J connectivity index is 1.25. The molecular weight excluding hydrogens is 332 g/mol. The maximum atomic E-state index is 12.4. The van der Waals surface area contributed by atoms with Gasteiger partial charge in [-0.3, -0.25) is 9.69 Å². The zero-order valence-electron chi connectivity index (χ0n) is 14.3. The fraction of sp³-hybridized carbons (Fsp3) is 0.381. The molecule has 25 heavy (non-hydrogen) atoms. The van der Waals surface area contributed by atoms with E-state index in [0.717, 1.165) is 49.6 Å². The molecule has 0 bridgehead atoms. The number of carbonyl (C=O) groups is 1. The van der Waals surface area contributed by atoms with Gasteiger partial charge in [-0.1, -0.05) is 48.0 Å². The van der Waals surface area contributed by atoms with Gasteiger partial charge < -0.3 is 4.90 Å². The third kappa shape index (κ3) is 3.73. The Morgan fingerprint density at radius 3 is 2.68 bits per heavy atom. The lowest BCUT2D eigenvalue weighted by atomic mass is 9.96. The summed E-state index contributed by atoms with van der Waals surface area (Å²) >= 11 is 6.00. The Bertz CT molecular complexity index is 770. The Kier molecular flexibility index (Phi) is 4.78. The molecule has 2 aromatic carbocycles. The second kappa shape index (κ2) is 7.19. The molecule has 4 rings (SSSR count). The molecule has 0 atom stereocenters. The Morgan fingerprint density at radius 2 is 1.88 bits per heavy atom. The van der Waals surface area contributed by atoms with Crippen molar-refractivity contribution in [2.45, 2.75) is 31.8 Å². The van der Waals surface area contributed by atoms with Crippen molar-refractivity contribution < 1.29 is 4.79 Å². The fourth-order valence-corrected chi connectivity index (χ4v) is 4.03. The van der Waals surface area contributed by atoms with Gasteiger partial charge in [0.1, 0.15) is 0 Å². The van der Waals surface area contributed by atoms with Crippen molar-refractivity contribution in [3.05, 3.63) is 70.2 Å². The van der Waals surface area contributed by atoms with Gasteiger partial charge in [0.15, 0.2) is 0 Å². The number of likely N-dealkylation sites (tertiary alicyclic amines) is 1. The first-order valence-electron chi connectivity index (χ1n) is 9.02. The molecule has 0 saturated carbocycles. The van der Waals surface area contributed by atoms with Crippen molar-refractivity contribution in [3.8, 4) is 0 Å². The van der Waals surface area contributed by atoms with Crippen molar-refractivity contribution >= 4 is 17.5 Å². The summed E-state index contributed by atoms with van der Waals surface area (Å²) in [6.07, 6.45) is 2.45. The predicted octanol–water partition coefficient (Wildman–Crippen LogP) is 3.54. The van der Waals surface area contributed by atoms with Gasteiger partial charge in [-0.15, -0.1) is 0 Å². The minimum absolute atomic E-state index is 0.258. The molecule has 0 radical (unpaired) electrons. The van der Waals surface area contributed by atoms with E-state index >= 15 is 0 Å². The number of amides is 1. The minimum atomic E-state index is 0.258. The van der Waals surface area contributed by atoms with Crippen molar-refractivity contribution in [3.63, 3.8) is 0 Å². The van der Waals surface area contributed by atoms with E-state index in [2.05, 4.69) is 29.2 Å². The average Bonchev–Trinajstić information content (AvgIpc) is 2.59. The first-order valence-corrected chi connectivity index (χ1v) is 9.40. The Morgan fingerprint density at radius 1 is 1.08 bits per heavy atom. The average molecular weight is 355 g/mol. The summed E-state index contributed by atoms with van der Waals surface area (Å²) in [6, 6.07) is 17.0. The largest absolute Gasteiger partial charge is 0.339 e. The first-order chi connectivity index (χ1) is 12.2. The van der Waals surface area contributed by atoms with E-state index < -0.39 is 0 Å². The number of halogens is 1. The van der Waals surface area contributed by atoms with E-state index in [1.54, 1.807) is 0 Å². The summed E-state index contributed by atoms with van der Waals surface area (Å²) in [4.78, 5) is 16.9. The molecule has 130 valence electrons. The zero-order valence-corrected chi connectivity index (χ0v) is 15.1. The first kappa shape index (κ1) is 16.6. The summed E-state index contributed by atoms with van der Waals surface area (Å²) < 4.78 is 0. The van der Waals surface area contributed by atoms with Crippen LogP contribution in [-0.2, 0) is 24.2 Å². The van der Waals surface area contributed by atoms with Gasteiger partial charge in [0.05, 0.1) is 0 Å². The van der Waals surface area contributed by atoms with E-state index in [1.807, 2.05) is 29.2 Å². The molecule has 4 heteroatoms. The molecule has 2 heterocycles. The normalized spacial score (nSPS) is 17.9. The quantitative estimate of drug-likeness (QED) is 0.838. The van der Waals surface area contributed by atoms with E-state index in [1.165, 1.54) is 11.1 Å². The van der Waals surface area contributed by atoms with Crippen LogP contribution in [0.2, 0.25) is 5.02 Å². The molecule has 0 spiro atoms. The molecule has 3 nitrogen and oxygen atoms in total. The van der Waals surface area contributed by atoms with Gasteiger partial charge in [0, 0.05) is 43.7 Å². The van der Waals surface area contributed by atoms with E-state index in [4.69, 9.17) is 11.6 Å². The second-order valence-corrected chi connectivity index (χ2v) is 7.51. The molecule has 0 aromatic heterocycles. The molecule has 0 N–H and O–H groups in total. The molecule has 2 aliphatic heterocycles. The molecule has 0 aliphatic carbocycles. The van der Waals surface area contributed by atoms with Crippen LogP contribution in [0.15, 0.2) is 48.5 Å². The van der Waals surface area contributed by atoms with E-state index in [0.29, 0.717) is 12.5 Å². The second-order valence-electron chi connectivity index (χ2n) is 7.07. The molecular formula is C21H23ClN2O. The molecule has 2 aliphatic rings. The van der Waals surface area contributed by atoms with Crippen LogP contribution in [0.25, 0.3) is 0 Å². The molecule has 2 aromatic rings. The van der Waals surface area contributed by atoms with Crippen LogP contribution in [0.1, 0.15) is 23.1 Å². The summed E-state index contributed by atoms with van der Waals surface area (Å²) in [7, 11) is 0. The fourth-order valence-electron chi connectivity index (χ4n) is 3.82. The van der Waals surface area contributed by atoms with E-state index in [9.17, 15) is 4.79 Å². The van der Waals surface area contributed by atoms with Crippen LogP contribution in [0.5, 0.6) is 0 Å². The van der Waals surface area contributed by atoms with Crippen LogP contribution in [-0.4, -0.2) is 41.4 Å². The van der Waals surface area contributed by atoms with Gasteiger partial charge in [0.25, 0.3) is 0 Å². The number of fused-ring (bicyclic) bond motifs is 1. The highest BCUT2D eigenvalue weighted by molar-refractivity contribution is 6.30. The Hall–Kier alpha value is -1.84. The molecule has 1 amide bonds. The number of rotatable bonds is 4. The standard InChI is InChI=1S/C21H23ClN2O/c22-19-7-3-4-16(12-19)8-9-21(25)24-14-20(15-24)23-11-10-17-5-1-2-6-18(17)13-23/h1-7,12,20H,8-11,13-15H2. The highest BCUT2D eigenvalue weighted by atomic mass is 35.5. The lowest BCUT2D eigenvalue weighted by Gasteiger charge is -2.47. The monoisotopic (exact) mass is 354 g/mol. The minimum Gasteiger partial charge on any atom is -0.339 e. The third-order valence-corrected chi connectivity index (χ3v) is 5.64. The molecule has 1 saturated heterocycles. The van der Waals surface area contributed by atoms with Crippen molar-refractivity contribution in [1.82, 2.24) is 9.80 Å². The SMILES string of the molecule is O=C(CCc1cccc(Cl)c1)N1CC(N2CCc3ccccc3C2)C1. The summed E-state index contributed by atoms with van der Waals surface area (Å²) in [6.45, 7) is 3.87. The van der Waals surface area contributed by atoms with Crippen LogP contribution in [0, 0.1) is 0 Å². The lowest BCUT2D eigenvalue weighted by Crippen LogP contribution is -2.61. The van der Waals surface area contributed by atoms with Gasteiger partial charge in [-0.25, -0.2) is 0 Å². The number of hydrogen-bond donors (Lipinski definition) is 0. The number of carbonyl (C=O) groups excluding carboxylic acids is 1. The van der Waals surface area contributed by atoms with E-state index in [-0.39, 0.29) is 5.91 Å². The van der Waals surface area contributed by atoms with Crippen molar-refractivity contribution in [2.75, 3.05) is 19.6 Å². The van der Waals surface area contributed by atoms with Gasteiger partial charge in [0.2, 0.25) is 5.91 Å². The van der Waals surface area contributed by atoms with Gasteiger partial charge >= 0.3 is 0 Å². The van der Waals surface area contributed by atoms with Crippen LogP contribution in [0.4, 0.5) is 0 Å². The third-order valence-electron chi connectivity index (χ3n) is 5.41. The van der Waals surface area contributed by atoms with Gasteiger partial charge in [-0.05, 0) is 41.7 Å². The van der Waals surface area contributed by atoms with Crippen molar-refractivity contribution in [2.24, 2.45) is 0 Å². The summed E-state index contributed by atoms with van der Waals surface area (Å²) in [5, 5.41) is 0.736. The smallest absolute Gasteiger partial charge is 0.223 e. The maximum absolute atomic E-state index is 12.4. The maximum Gasteiger partial charge on any atom is 0.223 e. The lowest BCUT2D eigenvalue weighted by molar-refractivity contribution is -0.138. The van der Waals surface area contributed by atoms with Crippen LogP contribution < -0.4 is 0 Å². The zero-order chi connectivity index (χ0) is 17.2. The van der Waals surface area contributed by atoms with Crippen LogP contribution in [0.3, 0.4) is 0 Å². The summed E-state index contributed by atoms with van der Waals surface area (Å²) in [5.74, 6) is 0.258.